The maximum atomic E-state index is 11.3. The first-order valence-electron chi connectivity index (χ1n) is 5.41. The number of urea groups is 1. The highest BCUT2D eigenvalue weighted by Crippen LogP contribution is 2.19. The van der Waals surface area contributed by atoms with Gasteiger partial charge in [-0.25, -0.2) is 9.80 Å². The van der Waals surface area contributed by atoms with E-state index in [0.29, 0.717) is 10.7 Å². The van der Waals surface area contributed by atoms with E-state index in [1.807, 2.05) is 19.1 Å². The third-order valence-corrected chi connectivity index (χ3v) is 3.06. The number of thiocarbonyl (C=S) groups is 1. The van der Waals surface area contributed by atoms with Crippen molar-refractivity contribution in [1.29, 1.82) is 0 Å². The number of halogens is 1. The minimum absolute atomic E-state index is 0.0741. The van der Waals surface area contributed by atoms with Crippen molar-refractivity contribution < 1.29 is 9.59 Å². The molecule has 0 spiro atoms. The average Bonchev–Trinajstić information content (AvgIpc) is 2.62. The molecule has 1 saturated heterocycles. The molecule has 3 amide bonds. The molecule has 1 aromatic rings. The molecule has 0 atom stereocenters. The molecule has 0 saturated carbocycles. The van der Waals surface area contributed by atoms with Gasteiger partial charge in [-0.1, -0.05) is 17.7 Å². The van der Waals surface area contributed by atoms with Crippen LogP contribution in [0, 0.1) is 6.92 Å². The fourth-order valence-electron chi connectivity index (χ4n) is 1.48. The van der Waals surface area contributed by atoms with E-state index in [1.54, 1.807) is 6.07 Å². The Morgan fingerprint density at radius 3 is 2.79 bits per heavy atom. The molecule has 6 nitrogen and oxygen atoms in total. The number of anilines is 1. The standard InChI is InChI=1S/C11H11ClN4O2S/c1-6-2-3-7(4-8(6)12)13-10(19)15-16-5-9(17)14-11(16)18/h2-4H,5H2,1H3,(H2,13,15,19)(H,14,17,18). The van der Waals surface area contributed by atoms with E-state index in [0.717, 1.165) is 10.6 Å². The van der Waals surface area contributed by atoms with Gasteiger partial charge in [0, 0.05) is 10.7 Å². The number of rotatable bonds is 2. The lowest BCUT2D eigenvalue weighted by Crippen LogP contribution is -2.45. The Bertz CT molecular complexity index is 564. The van der Waals surface area contributed by atoms with E-state index in [1.165, 1.54) is 0 Å². The number of hydrogen-bond donors (Lipinski definition) is 3. The van der Waals surface area contributed by atoms with Crippen LogP contribution in [0.3, 0.4) is 0 Å². The molecule has 0 aromatic heterocycles. The predicted octanol–water partition coefficient (Wildman–Crippen LogP) is 1.40. The van der Waals surface area contributed by atoms with E-state index in [2.05, 4.69) is 16.1 Å². The number of hydrazine groups is 1. The van der Waals surface area contributed by atoms with Crippen molar-refractivity contribution in [2.45, 2.75) is 6.92 Å². The van der Waals surface area contributed by atoms with Crippen LogP contribution in [-0.2, 0) is 4.79 Å². The molecule has 0 aliphatic carbocycles. The molecule has 1 aliphatic heterocycles. The topological polar surface area (TPSA) is 73.5 Å². The molecule has 1 fully saturated rings. The maximum Gasteiger partial charge on any atom is 0.343 e. The molecule has 0 unspecified atom stereocenters. The first-order valence-corrected chi connectivity index (χ1v) is 6.19. The maximum absolute atomic E-state index is 11.3. The molecule has 0 bridgehead atoms. The Labute approximate surface area is 120 Å². The summed E-state index contributed by atoms with van der Waals surface area (Å²) in [5.41, 5.74) is 4.27. The number of imide groups is 1. The van der Waals surface area contributed by atoms with E-state index in [4.69, 9.17) is 23.8 Å². The molecule has 8 heteroatoms. The summed E-state index contributed by atoms with van der Waals surface area (Å²) in [6, 6.07) is 4.85. The van der Waals surface area contributed by atoms with Gasteiger partial charge in [0.2, 0.25) is 5.91 Å². The highest BCUT2D eigenvalue weighted by Gasteiger charge is 2.27. The van der Waals surface area contributed by atoms with Crippen molar-refractivity contribution in [3.8, 4) is 0 Å². The minimum Gasteiger partial charge on any atom is -0.331 e. The lowest BCUT2D eigenvalue weighted by molar-refractivity contribution is -0.118. The summed E-state index contributed by atoms with van der Waals surface area (Å²) in [4.78, 5) is 22.3. The van der Waals surface area contributed by atoms with Crippen LogP contribution in [0.2, 0.25) is 5.02 Å². The van der Waals surface area contributed by atoms with E-state index >= 15 is 0 Å². The summed E-state index contributed by atoms with van der Waals surface area (Å²) in [7, 11) is 0. The van der Waals surface area contributed by atoms with Gasteiger partial charge in [-0.3, -0.25) is 15.5 Å². The number of aryl methyl sites for hydroxylation is 1. The van der Waals surface area contributed by atoms with Crippen LogP contribution >= 0.6 is 23.8 Å². The van der Waals surface area contributed by atoms with Gasteiger partial charge in [0.15, 0.2) is 5.11 Å². The Morgan fingerprint density at radius 2 is 2.21 bits per heavy atom. The third-order valence-electron chi connectivity index (χ3n) is 2.46. The van der Waals surface area contributed by atoms with Gasteiger partial charge >= 0.3 is 6.03 Å². The quantitative estimate of drug-likeness (QED) is 0.568. The van der Waals surface area contributed by atoms with Crippen molar-refractivity contribution in [3.63, 3.8) is 0 Å². The van der Waals surface area contributed by atoms with E-state index in [-0.39, 0.29) is 17.6 Å². The van der Waals surface area contributed by atoms with Gasteiger partial charge in [0.05, 0.1) is 0 Å². The Morgan fingerprint density at radius 1 is 1.47 bits per heavy atom. The van der Waals surface area contributed by atoms with Crippen molar-refractivity contribution in [2.24, 2.45) is 0 Å². The zero-order chi connectivity index (χ0) is 14.0. The van der Waals surface area contributed by atoms with Gasteiger partial charge in [-0.2, -0.15) is 0 Å². The largest absolute Gasteiger partial charge is 0.343 e. The number of benzene rings is 1. The predicted molar refractivity (Wildman–Crippen MR) is 75.8 cm³/mol. The first-order chi connectivity index (χ1) is 8.95. The molecular formula is C11H11ClN4O2S. The van der Waals surface area contributed by atoms with Gasteiger partial charge in [-0.05, 0) is 36.8 Å². The highest BCUT2D eigenvalue weighted by atomic mass is 35.5. The van der Waals surface area contributed by atoms with Crippen LogP contribution in [0.25, 0.3) is 0 Å². The molecule has 100 valence electrons. The van der Waals surface area contributed by atoms with Crippen molar-refractivity contribution in [3.05, 3.63) is 28.8 Å². The molecule has 1 aliphatic rings. The van der Waals surface area contributed by atoms with Crippen molar-refractivity contribution >= 4 is 46.6 Å². The van der Waals surface area contributed by atoms with Gasteiger partial charge < -0.3 is 5.32 Å². The fourth-order valence-corrected chi connectivity index (χ4v) is 1.89. The van der Waals surface area contributed by atoms with E-state index in [9.17, 15) is 9.59 Å². The summed E-state index contributed by atoms with van der Waals surface area (Å²) in [6.07, 6.45) is 0. The third kappa shape index (κ3) is 3.33. The summed E-state index contributed by atoms with van der Waals surface area (Å²) in [6.45, 7) is 1.82. The normalized spacial score (nSPS) is 14.3. The van der Waals surface area contributed by atoms with Crippen LogP contribution in [0.4, 0.5) is 10.5 Å². The lowest BCUT2D eigenvalue weighted by atomic mass is 10.2. The average molecular weight is 299 g/mol. The second-order valence-corrected chi connectivity index (χ2v) is 4.78. The second-order valence-electron chi connectivity index (χ2n) is 3.97. The summed E-state index contributed by atoms with van der Waals surface area (Å²) in [5, 5.41) is 6.91. The van der Waals surface area contributed by atoms with Gasteiger partial charge in [-0.15, -0.1) is 0 Å². The number of carbonyl (C=O) groups excluding carboxylic acids is 2. The Balaban J connectivity index is 1.96. The van der Waals surface area contributed by atoms with Crippen LogP contribution in [0.1, 0.15) is 5.56 Å². The monoisotopic (exact) mass is 298 g/mol. The Kier molecular flexibility index (Phi) is 3.87. The molecule has 19 heavy (non-hydrogen) atoms. The summed E-state index contributed by atoms with van der Waals surface area (Å²) < 4.78 is 0. The molecule has 2 rings (SSSR count). The molecular weight excluding hydrogens is 288 g/mol. The number of hydrogen-bond acceptors (Lipinski definition) is 3. The van der Waals surface area contributed by atoms with Gasteiger partial charge in [0.25, 0.3) is 0 Å². The smallest absolute Gasteiger partial charge is 0.331 e. The number of nitrogens with one attached hydrogen (secondary N) is 3. The van der Waals surface area contributed by atoms with Crippen molar-refractivity contribution in [1.82, 2.24) is 15.8 Å². The summed E-state index contributed by atoms with van der Waals surface area (Å²) >= 11 is 11.0. The van der Waals surface area contributed by atoms with Crippen LogP contribution in [0.5, 0.6) is 0 Å². The van der Waals surface area contributed by atoms with Crippen LogP contribution in [-0.4, -0.2) is 28.6 Å². The SMILES string of the molecule is Cc1ccc(NC(=S)NN2CC(=O)NC2=O)cc1Cl. The minimum atomic E-state index is -0.531. The van der Waals surface area contributed by atoms with Crippen LogP contribution in [0.15, 0.2) is 18.2 Å². The molecule has 3 N–H and O–H groups in total. The summed E-state index contributed by atoms with van der Waals surface area (Å²) in [5.74, 6) is -0.376. The molecule has 0 radical (unpaired) electrons. The zero-order valence-electron chi connectivity index (χ0n) is 9.99. The van der Waals surface area contributed by atoms with Gasteiger partial charge in [0.1, 0.15) is 6.54 Å². The molecule has 1 aromatic carbocycles. The second kappa shape index (κ2) is 5.41. The number of nitrogens with zero attached hydrogens (tertiary/aromatic N) is 1. The Hall–Kier alpha value is -1.86. The van der Waals surface area contributed by atoms with E-state index < -0.39 is 6.03 Å². The fraction of sp³-hybridized carbons (Fsp3) is 0.182. The highest BCUT2D eigenvalue weighted by molar-refractivity contribution is 7.80. The lowest BCUT2D eigenvalue weighted by Gasteiger charge is -2.17. The van der Waals surface area contributed by atoms with Crippen molar-refractivity contribution in [2.75, 3.05) is 11.9 Å². The van der Waals surface area contributed by atoms with Crippen LogP contribution < -0.4 is 16.1 Å². The molecule has 1 heterocycles. The first kappa shape index (κ1) is 13.6. The number of carbonyl (C=O) groups is 2. The number of amides is 3. The zero-order valence-corrected chi connectivity index (χ0v) is 11.6.